The Kier molecular flexibility index (Phi) is 11.3. The number of likely N-dealkylation sites (tertiary alicyclic amines) is 1. The fourth-order valence-corrected chi connectivity index (χ4v) is 5.58. The molecule has 1 N–H and O–H groups in total. The first kappa shape index (κ1) is 29.1. The van der Waals surface area contributed by atoms with E-state index in [1.807, 2.05) is 18.2 Å². The van der Waals surface area contributed by atoms with E-state index in [0.717, 1.165) is 69.2 Å². The summed E-state index contributed by atoms with van der Waals surface area (Å²) < 4.78 is 27.6. The predicted molar refractivity (Wildman–Crippen MR) is 143 cm³/mol. The summed E-state index contributed by atoms with van der Waals surface area (Å²) in [6.45, 7) is 8.86. The van der Waals surface area contributed by atoms with Gasteiger partial charge in [0.05, 0.1) is 0 Å². The quantitative estimate of drug-likeness (QED) is 0.512. The minimum Gasteiger partial charge on any atom is -0.337 e. The third-order valence-electron chi connectivity index (χ3n) is 7.15. The Morgan fingerprint density at radius 1 is 0.794 bits per heavy atom. The lowest BCUT2D eigenvalue weighted by atomic mass is 9.89. The van der Waals surface area contributed by atoms with Crippen molar-refractivity contribution in [1.29, 1.82) is 0 Å². The number of benzene rings is 2. The van der Waals surface area contributed by atoms with Crippen molar-refractivity contribution in [2.75, 3.05) is 57.3 Å². The minimum absolute atomic E-state index is 0. The Morgan fingerprint density at radius 3 is 2.15 bits per heavy atom. The molecule has 190 valence electrons. The molecule has 2 aromatic carbocycles. The maximum absolute atomic E-state index is 14.1. The number of unbranched alkanes of at least 4 members (excludes halogenated alkanes) is 1. The topological polar surface area (TPSA) is 21.8 Å². The van der Waals surface area contributed by atoms with Gasteiger partial charge in [-0.3, -0.25) is 0 Å². The van der Waals surface area contributed by atoms with Gasteiger partial charge in [0.15, 0.2) is 0 Å². The molecule has 2 saturated heterocycles. The number of piperazine rings is 1. The number of nitrogens with zero attached hydrogens (tertiary/aromatic N) is 3. The highest BCUT2D eigenvalue weighted by Gasteiger charge is 2.42. The van der Waals surface area contributed by atoms with Gasteiger partial charge < -0.3 is 20.0 Å². The standard InChI is InChI=1S/C25H32F2N4.3ClH/c26-19-3-6-21(7-4-19)31-24-8-5-20(27)17-22(24)23-18-30(14-9-25(23)31)13-2-1-12-29-15-10-28-11-16-29;;;/h3-8,17,23,25,28H,1-2,9-16,18H2;3*1H/t23-,25+;;;/m0.../s1. The van der Waals surface area contributed by atoms with Crippen molar-refractivity contribution in [2.24, 2.45) is 0 Å². The van der Waals surface area contributed by atoms with Crippen LogP contribution < -0.4 is 10.2 Å². The monoisotopic (exact) mass is 534 g/mol. The Bertz CT molecular complexity index is 896. The van der Waals surface area contributed by atoms with Crippen LogP contribution in [0.3, 0.4) is 0 Å². The van der Waals surface area contributed by atoms with E-state index in [9.17, 15) is 8.78 Å². The average molecular weight is 536 g/mol. The molecule has 5 rings (SSSR count). The SMILES string of the molecule is Cl.Cl.Cl.Fc1ccc(N2c3ccc(F)cc3[C@@H]3CN(CCCCN4CCNCC4)CC[C@H]32)cc1. The third-order valence-corrected chi connectivity index (χ3v) is 7.15. The number of anilines is 2. The Hall–Kier alpha value is -1.15. The van der Waals surface area contributed by atoms with Crippen molar-refractivity contribution in [3.63, 3.8) is 0 Å². The highest BCUT2D eigenvalue weighted by atomic mass is 35.5. The molecular weight excluding hydrogens is 501 g/mol. The van der Waals surface area contributed by atoms with Gasteiger partial charge in [-0.2, -0.15) is 0 Å². The van der Waals surface area contributed by atoms with E-state index < -0.39 is 0 Å². The van der Waals surface area contributed by atoms with Gasteiger partial charge in [0.1, 0.15) is 11.6 Å². The second-order valence-electron chi connectivity index (χ2n) is 9.11. The highest BCUT2D eigenvalue weighted by molar-refractivity contribution is 5.86. The molecule has 3 heterocycles. The molecular formula is C25H35Cl3F2N4. The van der Waals surface area contributed by atoms with Crippen LogP contribution >= 0.6 is 37.2 Å². The summed E-state index contributed by atoms with van der Waals surface area (Å²) in [5.41, 5.74) is 3.16. The van der Waals surface area contributed by atoms with Crippen LogP contribution in [-0.4, -0.2) is 68.2 Å². The number of halogens is 5. The zero-order valence-electron chi connectivity index (χ0n) is 19.3. The maximum Gasteiger partial charge on any atom is 0.123 e. The zero-order chi connectivity index (χ0) is 21.2. The summed E-state index contributed by atoms with van der Waals surface area (Å²) in [6.07, 6.45) is 3.48. The van der Waals surface area contributed by atoms with Crippen LogP contribution in [0.25, 0.3) is 0 Å². The zero-order valence-corrected chi connectivity index (χ0v) is 21.7. The second-order valence-corrected chi connectivity index (χ2v) is 9.11. The minimum atomic E-state index is -0.227. The summed E-state index contributed by atoms with van der Waals surface area (Å²) in [5, 5.41) is 3.41. The first-order valence-corrected chi connectivity index (χ1v) is 11.7. The molecule has 0 bridgehead atoms. The van der Waals surface area contributed by atoms with E-state index >= 15 is 0 Å². The van der Waals surface area contributed by atoms with Gasteiger partial charge >= 0.3 is 0 Å². The molecule has 2 atom stereocenters. The molecule has 0 unspecified atom stereocenters. The van der Waals surface area contributed by atoms with Crippen molar-refractivity contribution in [3.05, 3.63) is 59.7 Å². The predicted octanol–water partition coefficient (Wildman–Crippen LogP) is 5.23. The van der Waals surface area contributed by atoms with Gasteiger partial charge in [-0.25, -0.2) is 8.78 Å². The number of hydrogen-bond acceptors (Lipinski definition) is 4. The smallest absolute Gasteiger partial charge is 0.123 e. The molecule has 9 heteroatoms. The van der Waals surface area contributed by atoms with Gasteiger partial charge in [-0.15, -0.1) is 37.2 Å². The highest BCUT2D eigenvalue weighted by Crippen LogP contribution is 2.48. The Balaban J connectivity index is 0.00000136. The lowest BCUT2D eigenvalue weighted by Gasteiger charge is -2.39. The van der Waals surface area contributed by atoms with Gasteiger partial charge in [-0.1, -0.05) is 0 Å². The summed E-state index contributed by atoms with van der Waals surface area (Å²) in [6, 6.07) is 12.2. The summed E-state index contributed by atoms with van der Waals surface area (Å²) in [7, 11) is 0. The largest absolute Gasteiger partial charge is 0.337 e. The molecule has 0 aliphatic carbocycles. The van der Waals surface area contributed by atoms with Crippen molar-refractivity contribution < 1.29 is 8.78 Å². The summed E-state index contributed by atoms with van der Waals surface area (Å²) in [4.78, 5) is 7.42. The van der Waals surface area contributed by atoms with Gasteiger partial charge in [0.25, 0.3) is 0 Å². The molecule has 34 heavy (non-hydrogen) atoms. The van der Waals surface area contributed by atoms with Crippen LogP contribution in [-0.2, 0) is 0 Å². The normalized spacial score (nSPS) is 22.1. The fourth-order valence-electron chi connectivity index (χ4n) is 5.58. The molecule has 3 aliphatic heterocycles. The Labute approximate surface area is 220 Å². The molecule has 3 aliphatic rings. The van der Waals surface area contributed by atoms with Crippen molar-refractivity contribution in [2.45, 2.75) is 31.2 Å². The summed E-state index contributed by atoms with van der Waals surface area (Å²) in [5.74, 6) is -0.112. The number of fused-ring (bicyclic) bond motifs is 3. The van der Waals surface area contributed by atoms with Gasteiger partial charge in [-0.05, 0) is 80.4 Å². The van der Waals surface area contributed by atoms with Crippen LogP contribution in [0, 0.1) is 11.6 Å². The van der Waals surface area contributed by atoms with Crippen molar-refractivity contribution in [1.82, 2.24) is 15.1 Å². The number of hydrogen-bond donors (Lipinski definition) is 1. The van der Waals surface area contributed by atoms with Crippen LogP contribution in [0.1, 0.15) is 30.7 Å². The van der Waals surface area contributed by atoms with Crippen molar-refractivity contribution in [3.8, 4) is 0 Å². The van der Waals surface area contributed by atoms with Crippen LogP contribution in [0.4, 0.5) is 20.2 Å². The molecule has 0 radical (unpaired) electrons. The Morgan fingerprint density at radius 2 is 1.44 bits per heavy atom. The van der Waals surface area contributed by atoms with Gasteiger partial charge in [0.2, 0.25) is 0 Å². The fraction of sp³-hybridized carbons (Fsp3) is 0.520. The number of rotatable bonds is 6. The van der Waals surface area contributed by atoms with E-state index in [1.165, 1.54) is 31.5 Å². The van der Waals surface area contributed by atoms with Gasteiger partial charge in [0, 0.05) is 62.6 Å². The molecule has 2 aromatic rings. The maximum atomic E-state index is 14.1. The summed E-state index contributed by atoms with van der Waals surface area (Å²) >= 11 is 0. The van der Waals surface area contributed by atoms with E-state index in [0.29, 0.717) is 6.04 Å². The second kappa shape index (κ2) is 13.2. The molecule has 4 nitrogen and oxygen atoms in total. The lowest BCUT2D eigenvalue weighted by molar-refractivity contribution is 0.185. The molecule has 0 spiro atoms. The average Bonchev–Trinajstić information content (AvgIpc) is 3.11. The van der Waals surface area contributed by atoms with E-state index in [-0.39, 0.29) is 54.8 Å². The van der Waals surface area contributed by atoms with Crippen molar-refractivity contribution >= 4 is 48.6 Å². The van der Waals surface area contributed by atoms with E-state index in [1.54, 1.807) is 12.1 Å². The lowest BCUT2D eigenvalue weighted by Crippen LogP contribution is -2.45. The number of piperidine rings is 1. The van der Waals surface area contributed by atoms with Crippen LogP contribution in [0.5, 0.6) is 0 Å². The molecule has 2 fully saturated rings. The number of nitrogens with one attached hydrogen (secondary N) is 1. The third kappa shape index (κ3) is 6.34. The van der Waals surface area contributed by atoms with E-state index in [2.05, 4.69) is 20.0 Å². The van der Waals surface area contributed by atoms with E-state index in [4.69, 9.17) is 0 Å². The first-order chi connectivity index (χ1) is 15.2. The molecule has 0 amide bonds. The van der Waals surface area contributed by atoms with Crippen LogP contribution in [0.15, 0.2) is 42.5 Å². The first-order valence-electron chi connectivity index (χ1n) is 11.7. The molecule has 0 saturated carbocycles. The molecule has 0 aromatic heterocycles. The van der Waals surface area contributed by atoms with Crippen LogP contribution in [0.2, 0.25) is 0 Å².